The first-order valence-electron chi connectivity index (χ1n) is 4.87. The lowest BCUT2D eigenvalue weighted by molar-refractivity contribution is 0.209. The van der Waals surface area contributed by atoms with Gasteiger partial charge in [-0.1, -0.05) is 0 Å². The summed E-state index contributed by atoms with van der Waals surface area (Å²) in [5, 5.41) is 14.2. The van der Waals surface area contributed by atoms with Gasteiger partial charge in [0.25, 0.3) is 0 Å². The summed E-state index contributed by atoms with van der Waals surface area (Å²) in [6.45, 7) is 1.83. The van der Waals surface area contributed by atoms with Crippen LogP contribution in [0.2, 0.25) is 0 Å². The van der Waals surface area contributed by atoms with Gasteiger partial charge in [0.2, 0.25) is 0 Å². The van der Waals surface area contributed by atoms with Crippen LogP contribution in [0.4, 0.5) is 4.39 Å². The number of aryl methyl sites for hydroxylation is 2. The smallest absolute Gasteiger partial charge is 0.141 e. The molecule has 0 aliphatic rings. The van der Waals surface area contributed by atoms with Crippen LogP contribution in [-0.2, 0) is 7.05 Å². The van der Waals surface area contributed by atoms with Gasteiger partial charge >= 0.3 is 0 Å². The zero-order valence-corrected chi connectivity index (χ0v) is 9.05. The number of aliphatic hydroxyl groups excluding tert-OH is 1. The molecule has 2 heterocycles. The van der Waals surface area contributed by atoms with Crippen molar-refractivity contribution in [1.82, 2.24) is 14.8 Å². The fourth-order valence-electron chi connectivity index (χ4n) is 1.64. The Morgan fingerprint density at radius 3 is 2.69 bits per heavy atom. The van der Waals surface area contributed by atoms with Gasteiger partial charge < -0.3 is 5.11 Å². The van der Waals surface area contributed by atoms with Crippen LogP contribution in [0.1, 0.15) is 23.1 Å². The Morgan fingerprint density at radius 1 is 1.38 bits per heavy atom. The SMILES string of the molecule is Cc1cc(C(O)c2cncc(F)c2)n(C)n1. The van der Waals surface area contributed by atoms with Gasteiger partial charge in [0, 0.05) is 18.8 Å². The minimum atomic E-state index is -0.908. The van der Waals surface area contributed by atoms with E-state index in [-0.39, 0.29) is 0 Å². The van der Waals surface area contributed by atoms with Gasteiger partial charge in [0.05, 0.1) is 17.6 Å². The molecule has 0 fully saturated rings. The molecule has 2 aromatic heterocycles. The maximum atomic E-state index is 13.0. The number of rotatable bonds is 2. The second kappa shape index (κ2) is 4.02. The second-order valence-corrected chi connectivity index (χ2v) is 3.67. The van der Waals surface area contributed by atoms with E-state index in [4.69, 9.17) is 0 Å². The highest BCUT2D eigenvalue weighted by Crippen LogP contribution is 2.21. The number of hydrogen-bond acceptors (Lipinski definition) is 3. The van der Waals surface area contributed by atoms with Crippen molar-refractivity contribution in [2.75, 3.05) is 0 Å². The summed E-state index contributed by atoms with van der Waals surface area (Å²) in [6, 6.07) is 3.02. The second-order valence-electron chi connectivity index (χ2n) is 3.67. The van der Waals surface area contributed by atoms with Gasteiger partial charge in [-0.3, -0.25) is 9.67 Å². The lowest BCUT2D eigenvalue weighted by atomic mass is 10.1. The Morgan fingerprint density at radius 2 is 2.12 bits per heavy atom. The van der Waals surface area contributed by atoms with Crippen molar-refractivity contribution in [1.29, 1.82) is 0 Å². The molecular formula is C11H12FN3O. The van der Waals surface area contributed by atoms with E-state index in [0.29, 0.717) is 11.3 Å². The zero-order chi connectivity index (χ0) is 11.7. The summed E-state index contributed by atoms with van der Waals surface area (Å²) in [7, 11) is 1.73. The predicted octanol–water partition coefficient (Wildman–Crippen LogP) is 1.34. The van der Waals surface area contributed by atoms with E-state index in [1.165, 1.54) is 12.3 Å². The molecule has 0 bridgehead atoms. The van der Waals surface area contributed by atoms with Crippen LogP contribution in [-0.4, -0.2) is 19.9 Å². The topological polar surface area (TPSA) is 50.9 Å². The molecule has 0 aromatic carbocycles. The maximum Gasteiger partial charge on any atom is 0.141 e. The Kier molecular flexibility index (Phi) is 2.70. The summed E-state index contributed by atoms with van der Waals surface area (Å²) >= 11 is 0. The molecular weight excluding hydrogens is 209 g/mol. The van der Waals surface area contributed by atoms with Crippen LogP contribution in [0.3, 0.4) is 0 Å². The molecule has 0 aliphatic carbocycles. The number of pyridine rings is 1. The molecule has 1 unspecified atom stereocenters. The van der Waals surface area contributed by atoms with Crippen molar-refractivity contribution < 1.29 is 9.50 Å². The molecule has 84 valence electrons. The lowest BCUT2D eigenvalue weighted by Crippen LogP contribution is -2.07. The monoisotopic (exact) mass is 221 g/mol. The van der Waals surface area contributed by atoms with Crippen molar-refractivity contribution in [2.24, 2.45) is 7.05 Å². The highest BCUT2D eigenvalue weighted by molar-refractivity contribution is 5.24. The van der Waals surface area contributed by atoms with Crippen LogP contribution in [0.5, 0.6) is 0 Å². The third kappa shape index (κ3) is 1.94. The predicted molar refractivity (Wildman–Crippen MR) is 56.2 cm³/mol. The number of aliphatic hydroxyl groups is 1. The van der Waals surface area contributed by atoms with Crippen LogP contribution >= 0.6 is 0 Å². The molecule has 2 aromatic rings. The Balaban J connectivity index is 2.38. The fraction of sp³-hybridized carbons (Fsp3) is 0.273. The molecule has 1 N–H and O–H groups in total. The van der Waals surface area contributed by atoms with E-state index < -0.39 is 11.9 Å². The minimum Gasteiger partial charge on any atom is -0.382 e. The maximum absolute atomic E-state index is 13.0. The molecule has 16 heavy (non-hydrogen) atoms. The van der Waals surface area contributed by atoms with Crippen LogP contribution in [0, 0.1) is 12.7 Å². The van der Waals surface area contributed by atoms with Gasteiger partial charge in [0.1, 0.15) is 11.9 Å². The van der Waals surface area contributed by atoms with Crippen LogP contribution in [0.25, 0.3) is 0 Å². The average molecular weight is 221 g/mol. The first-order chi connectivity index (χ1) is 7.58. The van der Waals surface area contributed by atoms with E-state index >= 15 is 0 Å². The average Bonchev–Trinajstić information content (AvgIpc) is 2.57. The Labute approximate surface area is 92.4 Å². The summed E-state index contributed by atoms with van der Waals surface area (Å²) < 4.78 is 14.5. The largest absolute Gasteiger partial charge is 0.382 e. The van der Waals surface area contributed by atoms with E-state index in [0.717, 1.165) is 11.9 Å². The van der Waals surface area contributed by atoms with Crippen molar-refractivity contribution in [3.05, 3.63) is 47.3 Å². The molecule has 0 aliphatic heterocycles. The zero-order valence-electron chi connectivity index (χ0n) is 9.05. The molecule has 1 atom stereocenters. The van der Waals surface area contributed by atoms with Gasteiger partial charge in [-0.05, 0) is 19.1 Å². The molecule has 0 saturated carbocycles. The van der Waals surface area contributed by atoms with E-state index in [1.54, 1.807) is 17.8 Å². The van der Waals surface area contributed by atoms with Crippen LogP contribution in [0.15, 0.2) is 24.5 Å². The van der Waals surface area contributed by atoms with E-state index in [2.05, 4.69) is 10.1 Å². The first-order valence-corrected chi connectivity index (χ1v) is 4.87. The highest BCUT2D eigenvalue weighted by atomic mass is 19.1. The lowest BCUT2D eigenvalue weighted by Gasteiger charge is -2.10. The molecule has 0 spiro atoms. The van der Waals surface area contributed by atoms with Crippen molar-refractivity contribution in [3.8, 4) is 0 Å². The Hall–Kier alpha value is -1.75. The summed E-state index contributed by atoms with van der Waals surface area (Å²) in [6.07, 6.45) is 1.63. The third-order valence-electron chi connectivity index (χ3n) is 2.36. The van der Waals surface area contributed by atoms with Crippen molar-refractivity contribution >= 4 is 0 Å². The quantitative estimate of drug-likeness (QED) is 0.832. The molecule has 0 saturated heterocycles. The third-order valence-corrected chi connectivity index (χ3v) is 2.36. The van der Waals surface area contributed by atoms with Gasteiger partial charge in [0.15, 0.2) is 0 Å². The van der Waals surface area contributed by atoms with Crippen molar-refractivity contribution in [2.45, 2.75) is 13.0 Å². The number of halogens is 1. The number of aromatic nitrogens is 3. The fourth-order valence-corrected chi connectivity index (χ4v) is 1.64. The number of nitrogens with zero attached hydrogens (tertiary/aromatic N) is 3. The van der Waals surface area contributed by atoms with E-state index in [9.17, 15) is 9.50 Å². The van der Waals surface area contributed by atoms with E-state index in [1.807, 2.05) is 6.92 Å². The summed E-state index contributed by atoms with van der Waals surface area (Å²) in [4.78, 5) is 3.70. The molecule has 5 heteroatoms. The minimum absolute atomic E-state index is 0.419. The number of hydrogen-bond donors (Lipinski definition) is 1. The summed E-state index contributed by atoms with van der Waals surface area (Å²) in [5.41, 5.74) is 1.84. The molecule has 2 rings (SSSR count). The van der Waals surface area contributed by atoms with Crippen molar-refractivity contribution in [3.63, 3.8) is 0 Å². The van der Waals surface area contributed by atoms with Crippen LogP contribution < -0.4 is 0 Å². The van der Waals surface area contributed by atoms with Gasteiger partial charge in [-0.25, -0.2) is 4.39 Å². The molecule has 0 amide bonds. The molecule has 0 radical (unpaired) electrons. The first kappa shape index (κ1) is 10.8. The Bertz CT molecular complexity index is 510. The molecule has 4 nitrogen and oxygen atoms in total. The van der Waals surface area contributed by atoms with Gasteiger partial charge in [-0.15, -0.1) is 0 Å². The standard InChI is InChI=1S/C11H12FN3O/c1-7-3-10(15(2)14-7)11(16)8-4-9(12)6-13-5-8/h3-6,11,16H,1-2H3. The summed E-state index contributed by atoms with van der Waals surface area (Å²) in [5.74, 6) is -0.463. The highest BCUT2D eigenvalue weighted by Gasteiger charge is 2.15. The normalized spacial score (nSPS) is 12.8. The van der Waals surface area contributed by atoms with Gasteiger partial charge in [-0.2, -0.15) is 5.10 Å².